The smallest absolute Gasteiger partial charge is 0.417 e. The predicted octanol–water partition coefficient (Wildman–Crippen LogP) is 3.67. The standard InChI is InChI=1S/C16H18F4O4/c1-4-8-11(17)6-5-9(12(8)23-3)10-7-15(2,16(18,19)20)24-13(10)14(21)22/h5-6,10,13H,4,7H2,1-3H3,(H,21,22)/t10-,13+,15+/m0/s1. The first-order chi connectivity index (χ1) is 11.1. The van der Waals surface area contributed by atoms with E-state index in [1.165, 1.54) is 13.2 Å². The molecule has 24 heavy (non-hydrogen) atoms. The van der Waals surface area contributed by atoms with Crippen LogP contribution in [0.5, 0.6) is 5.75 Å². The first-order valence-corrected chi connectivity index (χ1v) is 7.38. The Balaban J connectivity index is 2.56. The van der Waals surface area contributed by atoms with Crippen LogP contribution in [-0.2, 0) is 16.0 Å². The van der Waals surface area contributed by atoms with E-state index in [1.807, 2.05) is 0 Å². The van der Waals surface area contributed by atoms with Crippen molar-refractivity contribution in [2.75, 3.05) is 7.11 Å². The highest BCUT2D eigenvalue weighted by Gasteiger charge is 2.61. The molecule has 1 saturated heterocycles. The second kappa shape index (κ2) is 6.23. The van der Waals surface area contributed by atoms with E-state index in [4.69, 9.17) is 9.47 Å². The Kier molecular flexibility index (Phi) is 4.81. The van der Waals surface area contributed by atoms with Gasteiger partial charge in [0.1, 0.15) is 11.6 Å². The molecule has 1 fully saturated rings. The summed E-state index contributed by atoms with van der Waals surface area (Å²) in [7, 11) is 1.27. The summed E-state index contributed by atoms with van der Waals surface area (Å²) in [6, 6.07) is 2.37. The van der Waals surface area contributed by atoms with Gasteiger partial charge in [0, 0.05) is 17.0 Å². The summed E-state index contributed by atoms with van der Waals surface area (Å²) in [6.07, 6.45) is -6.75. The van der Waals surface area contributed by atoms with Gasteiger partial charge in [-0.1, -0.05) is 13.0 Å². The molecular weight excluding hydrogens is 332 g/mol. The molecule has 4 nitrogen and oxygen atoms in total. The summed E-state index contributed by atoms with van der Waals surface area (Å²) >= 11 is 0. The molecule has 0 unspecified atom stereocenters. The SMILES string of the molecule is CCc1c(F)ccc([C@@H]2C[C@](C)(C(F)(F)F)O[C@H]2C(=O)O)c1OC. The summed E-state index contributed by atoms with van der Waals surface area (Å²) in [5.74, 6) is -3.08. The van der Waals surface area contributed by atoms with Gasteiger partial charge in [-0.15, -0.1) is 0 Å². The fourth-order valence-electron chi connectivity index (χ4n) is 3.10. The Hall–Kier alpha value is -1.83. The van der Waals surface area contributed by atoms with Crippen LogP contribution in [0.2, 0.25) is 0 Å². The Morgan fingerprint density at radius 2 is 2.08 bits per heavy atom. The van der Waals surface area contributed by atoms with Crippen molar-refractivity contribution in [2.45, 2.75) is 50.5 Å². The molecule has 8 heteroatoms. The maximum Gasteiger partial charge on any atom is 0.417 e. The lowest BCUT2D eigenvalue weighted by Gasteiger charge is -2.26. The first kappa shape index (κ1) is 18.5. The van der Waals surface area contributed by atoms with Crippen molar-refractivity contribution >= 4 is 5.97 Å². The number of hydrogen-bond donors (Lipinski definition) is 1. The van der Waals surface area contributed by atoms with Gasteiger partial charge in [-0.25, -0.2) is 9.18 Å². The molecule has 1 aliphatic rings. The molecule has 1 heterocycles. The summed E-state index contributed by atoms with van der Waals surface area (Å²) in [6.45, 7) is 2.49. The minimum absolute atomic E-state index is 0.0729. The number of aliphatic carboxylic acids is 1. The molecule has 1 N–H and O–H groups in total. The number of hydrogen-bond acceptors (Lipinski definition) is 3. The molecule has 1 aromatic carbocycles. The lowest BCUT2D eigenvalue weighted by Crippen LogP contribution is -2.42. The van der Waals surface area contributed by atoms with Crippen LogP contribution in [0.3, 0.4) is 0 Å². The predicted molar refractivity (Wildman–Crippen MR) is 76.7 cm³/mol. The van der Waals surface area contributed by atoms with Gasteiger partial charge < -0.3 is 14.6 Å². The number of carboxylic acids is 1. The number of alkyl halides is 3. The highest BCUT2D eigenvalue weighted by atomic mass is 19.4. The van der Waals surface area contributed by atoms with Gasteiger partial charge in [-0.05, 0) is 25.8 Å². The molecule has 134 valence electrons. The van der Waals surface area contributed by atoms with Crippen LogP contribution in [0.15, 0.2) is 12.1 Å². The molecule has 2 rings (SSSR count). The molecule has 0 aliphatic carbocycles. The van der Waals surface area contributed by atoms with Crippen molar-refractivity contribution in [3.05, 3.63) is 29.1 Å². The van der Waals surface area contributed by atoms with E-state index in [0.29, 0.717) is 0 Å². The number of ether oxygens (including phenoxy) is 2. The number of benzene rings is 1. The molecule has 1 aliphatic heterocycles. The normalized spacial score (nSPS) is 27.3. The van der Waals surface area contributed by atoms with Crippen molar-refractivity contribution in [2.24, 2.45) is 0 Å². The van der Waals surface area contributed by atoms with Gasteiger partial charge in [-0.2, -0.15) is 13.2 Å². The Morgan fingerprint density at radius 3 is 2.54 bits per heavy atom. The fourth-order valence-corrected chi connectivity index (χ4v) is 3.10. The molecule has 0 spiro atoms. The Bertz CT molecular complexity index is 644. The third-order valence-corrected chi connectivity index (χ3v) is 4.40. The average Bonchev–Trinajstić information content (AvgIpc) is 2.86. The molecule has 0 bridgehead atoms. The van der Waals surface area contributed by atoms with Crippen LogP contribution >= 0.6 is 0 Å². The topological polar surface area (TPSA) is 55.8 Å². The zero-order valence-corrected chi connectivity index (χ0v) is 13.4. The van der Waals surface area contributed by atoms with E-state index in [1.54, 1.807) is 6.92 Å². The Morgan fingerprint density at radius 1 is 1.46 bits per heavy atom. The van der Waals surface area contributed by atoms with Crippen molar-refractivity contribution in [3.8, 4) is 5.75 Å². The van der Waals surface area contributed by atoms with Gasteiger partial charge in [-0.3, -0.25) is 0 Å². The lowest BCUT2D eigenvalue weighted by molar-refractivity contribution is -0.263. The van der Waals surface area contributed by atoms with E-state index >= 15 is 0 Å². The quantitative estimate of drug-likeness (QED) is 0.842. The summed E-state index contributed by atoms with van der Waals surface area (Å²) in [5.41, 5.74) is -2.19. The van der Waals surface area contributed by atoms with Crippen molar-refractivity contribution in [1.82, 2.24) is 0 Å². The van der Waals surface area contributed by atoms with E-state index in [0.717, 1.165) is 13.0 Å². The number of rotatable bonds is 4. The third kappa shape index (κ3) is 2.94. The largest absolute Gasteiger partial charge is 0.496 e. The summed E-state index contributed by atoms with van der Waals surface area (Å²) < 4.78 is 63.7. The van der Waals surface area contributed by atoms with Gasteiger partial charge in [0.2, 0.25) is 0 Å². The highest BCUT2D eigenvalue weighted by molar-refractivity contribution is 5.75. The monoisotopic (exact) mass is 350 g/mol. The minimum atomic E-state index is -4.73. The number of carbonyl (C=O) groups is 1. The van der Waals surface area contributed by atoms with Gasteiger partial charge >= 0.3 is 12.1 Å². The van der Waals surface area contributed by atoms with Crippen LogP contribution in [0.4, 0.5) is 17.6 Å². The first-order valence-electron chi connectivity index (χ1n) is 7.38. The van der Waals surface area contributed by atoms with E-state index in [2.05, 4.69) is 0 Å². The number of halogens is 4. The second-order valence-electron chi connectivity index (χ2n) is 5.92. The highest BCUT2D eigenvalue weighted by Crippen LogP contribution is 2.51. The molecular formula is C16H18F4O4. The zero-order chi connectivity index (χ0) is 18.3. The second-order valence-corrected chi connectivity index (χ2v) is 5.92. The minimum Gasteiger partial charge on any atom is -0.496 e. The molecule has 0 aromatic heterocycles. The number of carboxylic acid groups (broad SMARTS) is 1. The molecule has 0 saturated carbocycles. The summed E-state index contributed by atoms with van der Waals surface area (Å²) in [5, 5.41) is 9.28. The molecule has 1 aromatic rings. The van der Waals surface area contributed by atoms with Crippen LogP contribution in [-0.4, -0.2) is 36.1 Å². The Labute approximate surface area is 136 Å². The van der Waals surface area contributed by atoms with Crippen molar-refractivity contribution in [1.29, 1.82) is 0 Å². The van der Waals surface area contributed by atoms with Crippen LogP contribution in [0.25, 0.3) is 0 Å². The van der Waals surface area contributed by atoms with Crippen molar-refractivity contribution in [3.63, 3.8) is 0 Å². The van der Waals surface area contributed by atoms with E-state index < -0.39 is 42.0 Å². The molecule has 0 amide bonds. The van der Waals surface area contributed by atoms with Crippen molar-refractivity contribution < 1.29 is 36.9 Å². The van der Waals surface area contributed by atoms with Gasteiger partial charge in [0.25, 0.3) is 0 Å². The lowest BCUT2D eigenvalue weighted by atomic mass is 9.85. The number of methoxy groups -OCH3 is 1. The molecule has 3 atom stereocenters. The van der Waals surface area contributed by atoms with Gasteiger partial charge in [0.15, 0.2) is 11.7 Å². The van der Waals surface area contributed by atoms with E-state index in [9.17, 15) is 27.5 Å². The average molecular weight is 350 g/mol. The van der Waals surface area contributed by atoms with Crippen LogP contribution < -0.4 is 4.74 Å². The maximum absolute atomic E-state index is 13.9. The fraction of sp³-hybridized carbons (Fsp3) is 0.562. The van der Waals surface area contributed by atoms with Crippen LogP contribution in [0.1, 0.15) is 37.3 Å². The third-order valence-electron chi connectivity index (χ3n) is 4.40. The van der Waals surface area contributed by atoms with Gasteiger partial charge in [0.05, 0.1) is 7.11 Å². The molecule has 0 radical (unpaired) electrons. The van der Waals surface area contributed by atoms with Crippen LogP contribution in [0, 0.1) is 5.82 Å². The maximum atomic E-state index is 13.9. The zero-order valence-electron chi connectivity index (χ0n) is 13.4. The van der Waals surface area contributed by atoms with E-state index in [-0.39, 0.29) is 23.3 Å². The summed E-state index contributed by atoms with van der Waals surface area (Å²) in [4.78, 5) is 11.4.